The van der Waals surface area contributed by atoms with Crippen LogP contribution in [0.3, 0.4) is 0 Å². The summed E-state index contributed by atoms with van der Waals surface area (Å²) in [4.78, 5) is 12.6. The van der Waals surface area contributed by atoms with E-state index in [1.807, 2.05) is 44.2 Å². The molecule has 8 heteroatoms. The van der Waals surface area contributed by atoms with Crippen LogP contribution in [0.4, 0.5) is 8.78 Å². The van der Waals surface area contributed by atoms with Crippen molar-refractivity contribution < 1.29 is 18.3 Å². The first-order chi connectivity index (χ1) is 15.3. The van der Waals surface area contributed by atoms with Crippen molar-refractivity contribution >= 4 is 22.7 Å². The third-order valence-corrected chi connectivity index (χ3v) is 6.58. The number of thioether (sulfide) groups is 1. The fourth-order valence-corrected chi connectivity index (χ4v) is 4.92. The number of rotatable bonds is 9. The van der Waals surface area contributed by atoms with Gasteiger partial charge in [-0.1, -0.05) is 55.9 Å². The average Bonchev–Trinajstić information content (AvgIpc) is 3.18. The number of ether oxygens (including phenoxy) is 1. The summed E-state index contributed by atoms with van der Waals surface area (Å²) < 4.78 is 34.3. The molecule has 2 aromatic carbocycles. The third kappa shape index (κ3) is 5.19. The first-order valence-electron chi connectivity index (χ1n) is 10.7. The molecule has 32 heavy (non-hydrogen) atoms. The minimum absolute atomic E-state index is 0.0223. The molecule has 0 saturated heterocycles. The Morgan fingerprint density at radius 1 is 1.19 bits per heavy atom. The highest BCUT2D eigenvalue weighted by molar-refractivity contribution is 8.15. The van der Waals surface area contributed by atoms with Gasteiger partial charge in [-0.15, -0.1) is 0 Å². The van der Waals surface area contributed by atoms with Gasteiger partial charge in [0.2, 0.25) is 0 Å². The predicted octanol–water partition coefficient (Wildman–Crippen LogP) is 4.85. The molecule has 1 aliphatic heterocycles. The standard InChI is InChI=1S/C24H29F2N3O2S/c1-16(2)15-31-17(3)23(30)29-24(12-7-13-27,18-8-5-4-6-9-18)32-22(28-29)20-14-19(25)10-11-21(20)26/h4-6,8-11,14,16-17H,7,12-13,15,27H2,1-3H3/t17-,24?/m0/s1. The third-order valence-electron chi connectivity index (χ3n) is 5.14. The number of nitrogens with zero attached hydrogens (tertiary/aromatic N) is 2. The van der Waals surface area contributed by atoms with Crippen LogP contribution in [0, 0.1) is 17.6 Å². The Labute approximate surface area is 192 Å². The molecule has 0 aromatic heterocycles. The second-order valence-electron chi connectivity index (χ2n) is 8.19. The quantitative estimate of drug-likeness (QED) is 0.579. The topological polar surface area (TPSA) is 67.9 Å². The largest absolute Gasteiger partial charge is 0.368 e. The lowest BCUT2D eigenvalue weighted by molar-refractivity contribution is -0.147. The molecule has 172 valence electrons. The zero-order chi connectivity index (χ0) is 23.3. The monoisotopic (exact) mass is 461 g/mol. The SMILES string of the molecule is CC(C)CO[C@@H](C)C(=O)N1N=C(c2cc(F)ccc2F)SC1(CCCN)c1ccccc1. The zero-order valence-corrected chi connectivity index (χ0v) is 19.4. The molecule has 2 N–H and O–H groups in total. The summed E-state index contributed by atoms with van der Waals surface area (Å²) in [5.74, 6) is -1.26. The van der Waals surface area contributed by atoms with Crippen molar-refractivity contribution in [3.05, 3.63) is 71.3 Å². The lowest BCUT2D eigenvalue weighted by Crippen LogP contribution is -2.46. The van der Waals surface area contributed by atoms with E-state index >= 15 is 0 Å². The minimum atomic E-state index is -0.943. The highest BCUT2D eigenvalue weighted by atomic mass is 32.2. The van der Waals surface area contributed by atoms with Gasteiger partial charge in [0, 0.05) is 12.2 Å². The molecule has 0 bridgehead atoms. The molecule has 0 radical (unpaired) electrons. The maximum atomic E-state index is 14.6. The number of hydrogen-bond donors (Lipinski definition) is 1. The molecule has 0 saturated carbocycles. The Hall–Kier alpha value is -2.29. The van der Waals surface area contributed by atoms with Crippen molar-refractivity contribution in [2.75, 3.05) is 13.2 Å². The summed E-state index contributed by atoms with van der Waals surface area (Å²) in [6.45, 7) is 6.53. The van der Waals surface area contributed by atoms with Crippen molar-refractivity contribution in [3.8, 4) is 0 Å². The highest BCUT2D eigenvalue weighted by Crippen LogP contribution is 2.50. The molecule has 2 atom stereocenters. The number of hydrogen-bond acceptors (Lipinski definition) is 5. The van der Waals surface area contributed by atoms with Crippen LogP contribution >= 0.6 is 11.8 Å². The summed E-state index contributed by atoms with van der Waals surface area (Å²) in [7, 11) is 0. The van der Waals surface area contributed by atoms with Crippen molar-refractivity contribution in [1.29, 1.82) is 0 Å². The molecule has 2 aromatic rings. The van der Waals surface area contributed by atoms with Crippen molar-refractivity contribution in [2.24, 2.45) is 16.8 Å². The summed E-state index contributed by atoms with van der Waals surface area (Å²) in [6.07, 6.45) is 0.353. The molecule has 3 rings (SSSR count). The van der Waals surface area contributed by atoms with Crippen molar-refractivity contribution in [3.63, 3.8) is 0 Å². The van der Waals surface area contributed by atoms with E-state index in [0.717, 1.165) is 23.8 Å². The van der Waals surface area contributed by atoms with Crippen LogP contribution in [0.2, 0.25) is 0 Å². The smallest absolute Gasteiger partial charge is 0.273 e. The van der Waals surface area contributed by atoms with E-state index in [9.17, 15) is 13.6 Å². The van der Waals surface area contributed by atoms with E-state index in [4.69, 9.17) is 10.5 Å². The van der Waals surface area contributed by atoms with Crippen LogP contribution in [-0.2, 0) is 14.4 Å². The first-order valence-corrected chi connectivity index (χ1v) is 11.5. The minimum Gasteiger partial charge on any atom is -0.368 e. The summed E-state index contributed by atoms with van der Waals surface area (Å²) in [5.41, 5.74) is 6.67. The van der Waals surface area contributed by atoms with E-state index < -0.39 is 22.6 Å². The molecule has 5 nitrogen and oxygen atoms in total. The second-order valence-corrected chi connectivity index (χ2v) is 9.46. The Kier molecular flexibility index (Phi) is 8.03. The van der Waals surface area contributed by atoms with Gasteiger partial charge in [0.05, 0.1) is 0 Å². The van der Waals surface area contributed by atoms with Gasteiger partial charge in [-0.25, -0.2) is 13.8 Å². The number of benzene rings is 2. The number of hydrazone groups is 1. The Balaban J connectivity index is 2.09. The van der Waals surface area contributed by atoms with Gasteiger partial charge in [0.1, 0.15) is 27.7 Å². The average molecular weight is 462 g/mol. The van der Waals surface area contributed by atoms with Crippen LogP contribution < -0.4 is 5.73 Å². The van der Waals surface area contributed by atoms with Gasteiger partial charge in [-0.2, -0.15) is 5.10 Å². The molecule has 0 aliphatic carbocycles. The molecule has 0 fully saturated rings. The van der Waals surface area contributed by atoms with Crippen molar-refractivity contribution in [1.82, 2.24) is 5.01 Å². The number of carbonyl (C=O) groups excluding carboxylic acids is 1. The van der Waals surface area contributed by atoms with Crippen LogP contribution in [0.25, 0.3) is 0 Å². The molecule has 1 aliphatic rings. The summed E-state index contributed by atoms with van der Waals surface area (Å²) in [5, 5.41) is 6.15. The Morgan fingerprint density at radius 2 is 1.91 bits per heavy atom. The molecule has 0 spiro atoms. The molecule has 1 amide bonds. The predicted molar refractivity (Wildman–Crippen MR) is 124 cm³/mol. The van der Waals surface area contributed by atoms with Gasteiger partial charge in [0.25, 0.3) is 5.91 Å². The van der Waals surface area contributed by atoms with E-state index in [1.165, 1.54) is 16.8 Å². The fraction of sp³-hybridized carbons (Fsp3) is 0.417. The summed E-state index contributed by atoms with van der Waals surface area (Å²) in [6, 6.07) is 12.7. The maximum Gasteiger partial charge on any atom is 0.273 e. The zero-order valence-electron chi connectivity index (χ0n) is 18.6. The number of nitrogens with two attached hydrogens (primary N) is 1. The van der Waals surface area contributed by atoms with E-state index in [-0.39, 0.29) is 22.4 Å². The highest BCUT2D eigenvalue weighted by Gasteiger charge is 2.49. The lowest BCUT2D eigenvalue weighted by atomic mass is 10.00. The Morgan fingerprint density at radius 3 is 2.56 bits per heavy atom. The number of amides is 1. The molecular formula is C24H29F2N3O2S. The van der Waals surface area contributed by atoms with Crippen molar-refractivity contribution in [2.45, 2.75) is 44.6 Å². The van der Waals surface area contributed by atoms with Gasteiger partial charge in [-0.3, -0.25) is 4.79 Å². The van der Waals surface area contributed by atoms with Gasteiger partial charge >= 0.3 is 0 Å². The number of halogens is 2. The fourth-order valence-electron chi connectivity index (χ4n) is 3.50. The molecular weight excluding hydrogens is 432 g/mol. The van der Waals surface area contributed by atoms with Crippen LogP contribution in [0.1, 0.15) is 44.7 Å². The lowest BCUT2D eigenvalue weighted by Gasteiger charge is -2.37. The normalized spacial score (nSPS) is 19.3. The maximum absolute atomic E-state index is 14.6. The van der Waals surface area contributed by atoms with E-state index in [2.05, 4.69) is 5.10 Å². The number of carbonyl (C=O) groups is 1. The van der Waals surface area contributed by atoms with Crippen LogP contribution in [0.15, 0.2) is 53.6 Å². The second kappa shape index (κ2) is 10.6. The van der Waals surface area contributed by atoms with E-state index in [0.29, 0.717) is 26.0 Å². The van der Waals surface area contributed by atoms with Crippen LogP contribution in [0.5, 0.6) is 0 Å². The van der Waals surface area contributed by atoms with Gasteiger partial charge < -0.3 is 10.5 Å². The first kappa shape index (κ1) is 24.4. The van der Waals surface area contributed by atoms with Gasteiger partial charge in [0.15, 0.2) is 0 Å². The molecule has 1 unspecified atom stereocenters. The molecule has 1 heterocycles. The van der Waals surface area contributed by atoms with E-state index in [1.54, 1.807) is 6.92 Å². The van der Waals surface area contributed by atoms with Gasteiger partial charge in [-0.05, 0) is 56.0 Å². The van der Waals surface area contributed by atoms with Crippen LogP contribution in [-0.4, -0.2) is 35.2 Å². The Bertz CT molecular complexity index is 971. The summed E-state index contributed by atoms with van der Waals surface area (Å²) >= 11 is 1.24.